The molecule has 110 valence electrons. The minimum absolute atomic E-state index is 0.154. The largest absolute Gasteiger partial charge is 0.389 e. The van der Waals surface area contributed by atoms with Gasteiger partial charge in [0.05, 0.1) is 16.8 Å². The number of benzene rings is 1. The number of rotatable bonds is 4. The molecule has 5 nitrogen and oxygen atoms in total. The van der Waals surface area contributed by atoms with Crippen molar-refractivity contribution in [3.8, 4) is 0 Å². The molecule has 0 spiro atoms. The van der Waals surface area contributed by atoms with E-state index in [9.17, 15) is 8.42 Å². The van der Waals surface area contributed by atoms with Gasteiger partial charge in [-0.2, -0.15) is 0 Å². The topological polar surface area (TPSA) is 85.1 Å². The molecule has 0 atom stereocenters. The third-order valence-electron chi connectivity index (χ3n) is 2.90. The van der Waals surface area contributed by atoms with E-state index < -0.39 is 10.0 Å². The average Bonchev–Trinajstić information content (AvgIpc) is 2.37. The van der Waals surface area contributed by atoms with Gasteiger partial charge >= 0.3 is 0 Å². The summed E-state index contributed by atoms with van der Waals surface area (Å²) in [5.41, 5.74) is 8.25. The van der Waals surface area contributed by atoms with Gasteiger partial charge in [0.25, 0.3) is 10.0 Å². The van der Waals surface area contributed by atoms with Crippen LogP contribution in [0.1, 0.15) is 16.7 Å². The molecule has 0 aliphatic rings. The SMILES string of the molecule is Cc1cncc(NS(=O)(=O)c2ccc(C(N)=S)c(C)c2)c1. The molecular weight excluding hydrogens is 306 g/mol. The molecule has 0 amide bonds. The van der Waals surface area contributed by atoms with Crippen LogP contribution in [0.4, 0.5) is 5.69 Å². The summed E-state index contributed by atoms with van der Waals surface area (Å²) in [6, 6.07) is 6.34. The second kappa shape index (κ2) is 5.79. The predicted octanol–water partition coefficient (Wildman–Crippen LogP) is 2.13. The fourth-order valence-corrected chi connectivity index (χ4v) is 3.25. The van der Waals surface area contributed by atoms with E-state index in [1.54, 1.807) is 31.3 Å². The van der Waals surface area contributed by atoms with E-state index in [0.29, 0.717) is 16.8 Å². The number of anilines is 1. The Morgan fingerprint density at radius 2 is 1.95 bits per heavy atom. The number of pyridine rings is 1. The normalized spacial score (nSPS) is 11.1. The number of aryl methyl sites for hydroxylation is 2. The fraction of sp³-hybridized carbons (Fsp3) is 0.143. The number of hydrogen-bond donors (Lipinski definition) is 2. The summed E-state index contributed by atoms with van der Waals surface area (Å²) in [7, 11) is -3.67. The lowest BCUT2D eigenvalue weighted by Crippen LogP contribution is -2.15. The van der Waals surface area contributed by atoms with E-state index in [2.05, 4.69) is 9.71 Å². The van der Waals surface area contributed by atoms with Crippen molar-refractivity contribution in [3.05, 3.63) is 53.3 Å². The van der Waals surface area contributed by atoms with Crippen LogP contribution in [0.3, 0.4) is 0 Å². The summed E-state index contributed by atoms with van der Waals surface area (Å²) in [5.74, 6) is 0. The Kier molecular flexibility index (Phi) is 4.24. The van der Waals surface area contributed by atoms with Crippen molar-refractivity contribution in [2.75, 3.05) is 4.72 Å². The van der Waals surface area contributed by atoms with Gasteiger partial charge in [-0.1, -0.05) is 18.3 Å². The Bertz CT molecular complexity index is 802. The van der Waals surface area contributed by atoms with Crippen LogP contribution in [0, 0.1) is 13.8 Å². The maximum absolute atomic E-state index is 12.3. The molecule has 21 heavy (non-hydrogen) atoms. The third kappa shape index (κ3) is 3.56. The third-order valence-corrected chi connectivity index (χ3v) is 4.50. The number of nitrogens with zero attached hydrogens (tertiary/aromatic N) is 1. The van der Waals surface area contributed by atoms with Gasteiger partial charge in [-0.3, -0.25) is 9.71 Å². The number of hydrogen-bond acceptors (Lipinski definition) is 4. The van der Waals surface area contributed by atoms with Gasteiger partial charge in [-0.15, -0.1) is 0 Å². The summed E-state index contributed by atoms with van der Waals surface area (Å²) in [5, 5.41) is 0. The Balaban J connectivity index is 2.36. The van der Waals surface area contributed by atoms with E-state index in [1.165, 1.54) is 12.3 Å². The molecule has 7 heteroatoms. The Labute approximate surface area is 129 Å². The lowest BCUT2D eigenvalue weighted by Gasteiger charge is -2.10. The lowest BCUT2D eigenvalue weighted by molar-refractivity contribution is 0.601. The second-order valence-electron chi connectivity index (χ2n) is 4.70. The molecule has 2 rings (SSSR count). The first-order valence-electron chi connectivity index (χ1n) is 6.14. The molecule has 3 N–H and O–H groups in total. The van der Waals surface area contributed by atoms with Crippen LogP contribution < -0.4 is 10.5 Å². The van der Waals surface area contributed by atoms with Crippen LogP contribution in [-0.2, 0) is 10.0 Å². The van der Waals surface area contributed by atoms with Gasteiger partial charge in [0.15, 0.2) is 0 Å². The zero-order chi connectivity index (χ0) is 15.6. The fourth-order valence-electron chi connectivity index (χ4n) is 1.90. The maximum atomic E-state index is 12.3. The smallest absolute Gasteiger partial charge is 0.261 e. The highest BCUT2D eigenvalue weighted by Gasteiger charge is 2.16. The van der Waals surface area contributed by atoms with E-state index in [1.807, 2.05) is 6.92 Å². The number of nitrogens with one attached hydrogen (secondary N) is 1. The quantitative estimate of drug-likeness (QED) is 0.843. The summed E-state index contributed by atoms with van der Waals surface area (Å²) in [6.07, 6.45) is 3.11. The Hall–Kier alpha value is -1.99. The van der Waals surface area contributed by atoms with Crippen LogP contribution >= 0.6 is 12.2 Å². The molecule has 0 saturated carbocycles. The molecule has 0 aliphatic carbocycles. The van der Waals surface area contributed by atoms with Crippen molar-refractivity contribution in [2.24, 2.45) is 5.73 Å². The number of sulfonamides is 1. The molecule has 0 fully saturated rings. The van der Waals surface area contributed by atoms with Crippen molar-refractivity contribution in [2.45, 2.75) is 18.7 Å². The van der Waals surface area contributed by atoms with Crippen molar-refractivity contribution in [1.29, 1.82) is 0 Å². The molecule has 1 heterocycles. The zero-order valence-electron chi connectivity index (χ0n) is 11.6. The standard InChI is InChI=1S/C14H15N3O2S2/c1-9-5-11(8-16-7-9)17-21(18,19)12-3-4-13(14(15)20)10(2)6-12/h3-8,17H,1-2H3,(H2,15,20). The van der Waals surface area contributed by atoms with Gasteiger partial charge in [-0.05, 0) is 43.2 Å². The van der Waals surface area contributed by atoms with E-state index in [-0.39, 0.29) is 9.88 Å². The van der Waals surface area contributed by atoms with Crippen molar-refractivity contribution < 1.29 is 8.42 Å². The van der Waals surface area contributed by atoms with Crippen LogP contribution in [0.2, 0.25) is 0 Å². The van der Waals surface area contributed by atoms with Crippen LogP contribution in [0.25, 0.3) is 0 Å². The minimum atomic E-state index is -3.67. The molecule has 2 aromatic rings. The van der Waals surface area contributed by atoms with Crippen LogP contribution in [0.15, 0.2) is 41.6 Å². The molecule has 0 aliphatic heterocycles. The molecule has 1 aromatic carbocycles. The van der Waals surface area contributed by atoms with Crippen molar-refractivity contribution >= 4 is 32.9 Å². The van der Waals surface area contributed by atoms with E-state index in [4.69, 9.17) is 18.0 Å². The monoisotopic (exact) mass is 321 g/mol. The zero-order valence-corrected chi connectivity index (χ0v) is 13.3. The number of thiocarbonyl (C=S) groups is 1. The molecule has 0 radical (unpaired) electrons. The Morgan fingerprint density at radius 1 is 1.24 bits per heavy atom. The molecule has 0 bridgehead atoms. The average molecular weight is 321 g/mol. The van der Waals surface area contributed by atoms with Gasteiger partial charge in [0.2, 0.25) is 0 Å². The lowest BCUT2D eigenvalue weighted by atomic mass is 10.1. The predicted molar refractivity (Wildman–Crippen MR) is 86.8 cm³/mol. The summed E-state index contributed by atoms with van der Waals surface area (Å²) in [4.78, 5) is 4.35. The first kappa shape index (κ1) is 15.4. The van der Waals surface area contributed by atoms with Gasteiger partial charge in [0, 0.05) is 11.8 Å². The van der Waals surface area contributed by atoms with Crippen LogP contribution in [0.5, 0.6) is 0 Å². The summed E-state index contributed by atoms with van der Waals surface area (Å²) >= 11 is 4.91. The minimum Gasteiger partial charge on any atom is -0.389 e. The Morgan fingerprint density at radius 3 is 2.52 bits per heavy atom. The highest BCUT2D eigenvalue weighted by atomic mass is 32.2. The highest BCUT2D eigenvalue weighted by molar-refractivity contribution is 7.92. The van der Waals surface area contributed by atoms with E-state index in [0.717, 1.165) is 5.56 Å². The summed E-state index contributed by atoms with van der Waals surface area (Å²) < 4.78 is 27.2. The van der Waals surface area contributed by atoms with Gasteiger partial charge < -0.3 is 5.73 Å². The maximum Gasteiger partial charge on any atom is 0.261 e. The first-order chi connectivity index (χ1) is 9.79. The first-order valence-corrected chi connectivity index (χ1v) is 8.03. The molecule has 0 saturated heterocycles. The van der Waals surface area contributed by atoms with E-state index >= 15 is 0 Å². The summed E-state index contributed by atoms with van der Waals surface area (Å²) in [6.45, 7) is 3.60. The van der Waals surface area contributed by atoms with Gasteiger partial charge in [0.1, 0.15) is 4.99 Å². The molecule has 1 aromatic heterocycles. The number of aromatic nitrogens is 1. The second-order valence-corrected chi connectivity index (χ2v) is 6.82. The molecular formula is C14H15N3O2S2. The van der Waals surface area contributed by atoms with Crippen LogP contribution in [-0.4, -0.2) is 18.4 Å². The van der Waals surface area contributed by atoms with Crippen molar-refractivity contribution in [1.82, 2.24) is 4.98 Å². The highest BCUT2D eigenvalue weighted by Crippen LogP contribution is 2.19. The van der Waals surface area contributed by atoms with Crippen molar-refractivity contribution in [3.63, 3.8) is 0 Å². The number of nitrogens with two attached hydrogens (primary N) is 1. The van der Waals surface area contributed by atoms with Gasteiger partial charge in [-0.25, -0.2) is 8.42 Å². The molecule has 0 unspecified atom stereocenters.